The van der Waals surface area contributed by atoms with Crippen LogP contribution in [0.1, 0.15) is 27.0 Å². The van der Waals surface area contributed by atoms with E-state index in [0.29, 0.717) is 11.1 Å². The molecule has 0 atom stereocenters. The number of nitrogens with zero attached hydrogens (tertiary/aromatic N) is 1. The molecule has 3 rings (SSSR count). The van der Waals surface area contributed by atoms with Gasteiger partial charge in [0, 0.05) is 17.8 Å². The predicted molar refractivity (Wildman–Crippen MR) is 110 cm³/mol. The first-order chi connectivity index (χ1) is 14.2. The number of phenols is 1. The van der Waals surface area contributed by atoms with Crippen molar-refractivity contribution in [2.24, 2.45) is 0 Å². The predicted octanol–water partition coefficient (Wildman–Crippen LogP) is 3.90. The van der Waals surface area contributed by atoms with Gasteiger partial charge in [0.2, 0.25) is 0 Å². The van der Waals surface area contributed by atoms with Crippen LogP contribution in [0.25, 0.3) is 12.2 Å². The van der Waals surface area contributed by atoms with Gasteiger partial charge in [-0.3, -0.25) is 4.72 Å². The fraction of sp³-hybridized carbons (Fsp3) is 0.0476. The molecule has 0 radical (unpaired) electrons. The summed E-state index contributed by atoms with van der Waals surface area (Å²) in [7, 11) is -3.84. The van der Waals surface area contributed by atoms with Gasteiger partial charge in [-0.1, -0.05) is 30.4 Å². The fourth-order valence-electron chi connectivity index (χ4n) is 2.60. The molecule has 30 heavy (non-hydrogen) atoms. The first kappa shape index (κ1) is 21.0. The van der Waals surface area contributed by atoms with Crippen LogP contribution in [0, 0.1) is 12.7 Å². The molecule has 0 saturated carbocycles. The van der Waals surface area contributed by atoms with Gasteiger partial charge in [-0.2, -0.15) is 0 Å². The Labute approximate surface area is 172 Å². The van der Waals surface area contributed by atoms with Crippen LogP contribution in [0.4, 0.5) is 10.2 Å². The van der Waals surface area contributed by atoms with E-state index in [9.17, 15) is 22.7 Å². The lowest BCUT2D eigenvalue weighted by atomic mass is 10.1. The SMILES string of the molecule is Cc1cccnc1NS(=O)(=O)c1ccc(/C=C/c2cc(C(=O)O)c(O)cc2F)cc1. The number of carboxylic acids is 1. The maximum absolute atomic E-state index is 14.0. The van der Waals surface area contributed by atoms with Crippen molar-refractivity contribution in [2.45, 2.75) is 11.8 Å². The van der Waals surface area contributed by atoms with Crippen molar-refractivity contribution in [3.63, 3.8) is 0 Å². The van der Waals surface area contributed by atoms with E-state index in [1.807, 2.05) is 0 Å². The number of nitrogens with one attached hydrogen (secondary N) is 1. The van der Waals surface area contributed by atoms with E-state index in [1.54, 1.807) is 19.1 Å². The molecule has 0 fully saturated rings. The average molecular weight is 428 g/mol. The second kappa shape index (κ2) is 8.34. The van der Waals surface area contributed by atoms with Gasteiger partial charge in [0.25, 0.3) is 10.0 Å². The van der Waals surface area contributed by atoms with Crippen molar-refractivity contribution in [1.82, 2.24) is 4.98 Å². The Morgan fingerprint density at radius 1 is 1.13 bits per heavy atom. The van der Waals surface area contributed by atoms with Crippen molar-refractivity contribution in [3.05, 3.63) is 82.8 Å². The molecular formula is C21H17FN2O5S. The van der Waals surface area contributed by atoms with E-state index in [2.05, 4.69) is 9.71 Å². The van der Waals surface area contributed by atoms with E-state index in [4.69, 9.17) is 5.11 Å². The summed E-state index contributed by atoms with van der Waals surface area (Å²) in [5.41, 5.74) is 0.784. The van der Waals surface area contributed by atoms with E-state index in [1.165, 1.54) is 42.6 Å². The topological polar surface area (TPSA) is 117 Å². The van der Waals surface area contributed by atoms with Crippen molar-refractivity contribution < 1.29 is 27.8 Å². The monoisotopic (exact) mass is 428 g/mol. The summed E-state index contributed by atoms with van der Waals surface area (Å²) in [6.07, 6.45) is 4.31. The normalized spacial score (nSPS) is 11.5. The third kappa shape index (κ3) is 4.64. The number of halogens is 1. The zero-order chi connectivity index (χ0) is 21.9. The van der Waals surface area contributed by atoms with Gasteiger partial charge in [0.15, 0.2) is 0 Å². The third-order valence-electron chi connectivity index (χ3n) is 4.23. The number of sulfonamides is 1. The molecule has 0 aliphatic rings. The number of anilines is 1. The minimum Gasteiger partial charge on any atom is -0.507 e. The molecule has 3 N–H and O–H groups in total. The van der Waals surface area contributed by atoms with Gasteiger partial charge in [-0.25, -0.2) is 22.6 Å². The van der Waals surface area contributed by atoms with Crippen LogP contribution in [-0.2, 0) is 10.0 Å². The summed E-state index contributed by atoms with van der Waals surface area (Å²) in [6, 6.07) is 11.0. The summed E-state index contributed by atoms with van der Waals surface area (Å²) < 4.78 is 41.4. The zero-order valence-corrected chi connectivity index (χ0v) is 16.5. The second-order valence-electron chi connectivity index (χ2n) is 6.37. The second-order valence-corrected chi connectivity index (χ2v) is 8.06. The summed E-state index contributed by atoms with van der Waals surface area (Å²) in [6.45, 7) is 1.73. The van der Waals surface area contributed by atoms with E-state index in [-0.39, 0.29) is 16.3 Å². The molecule has 154 valence electrons. The lowest BCUT2D eigenvalue weighted by molar-refractivity contribution is 0.0693. The average Bonchev–Trinajstić information content (AvgIpc) is 2.69. The number of hydrogen-bond donors (Lipinski definition) is 3. The van der Waals surface area contributed by atoms with Crippen LogP contribution >= 0.6 is 0 Å². The Morgan fingerprint density at radius 3 is 2.47 bits per heavy atom. The molecule has 2 aromatic carbocycles. The number of aromatic carboxylic acids is 1. The molecule has 1 aromatic heterocycles. The van der Waals surface area contributed by atoms with Crippen molar-refractivity contribution >= 4 is 34.0 Å². The summed E-state index contributed by atoms with van der Waals surface area (Å²) >= 11 is 0. The Balaban J connectivity index is 1.82. The van der Waals surface area contributed by atoms with Crippen LogP contribution in [0.2, 0.25) is 0 Å². The molecule has 0 saturated heterocycles. The molecule has 0 aliphatic heterocycles. The number of carbonyl (C=O) groups is 1. The Hall–Kier alpha value is -3.72. The van der Waals surface area contributed by atoms with Gasteiger partial charge in [-0.15, -0.1) is 0 Å². The number of pyridine rings is 1. The van der Waals surface area contributed by atoms with Gasteiger partial charge < -0.3 is 10.2 Å². The van der Waals surface area contributed by atoms with Crippen molar-refractivity contribution in [3.8, 4) is 5.75 Å². The molecule has 7 nitrogen and oxygen atoms in total. The summed E-state index contributed by atoms with van der Waals surface area (Å²) in [5.74, 6) is -2.60. The van der Waals surface area contributed by atoms with Crippen molar-refractivity contribution in [1.29, 1.82) is 0 Å². The highest BCUT2D eigenvalue weighted by atomic mass is 32.2. The molecule has 3 aromatic rings. The number of benzene rings is 2. The summed E-state index contributed by atoms with van der Waals surface area (Å²) in [4.78, 5) is 15.1. The van der Waals surface area contributed by atoms with Crippen LogP contribution in [0.3, 0.4) is 0 Å². The van der Waals surface area contributed by atoms with E-state index in [0.717, 1.165) is 12.1 Å². The van der Waals surface area contributed by atoms with Crippen LogP contribution < -0.4 is 4.72 Å². The zero-order valence-electron chi connectivity index (χ0n) is 15.7. The number of hydrogen-bond acceptors (Lipinski definition) is 5. The number of aromatic hydroxyl groups is 1. The van der Waals surface area contributed by atoms with Crippen LogP contribution in [-0.4, -0.2) is 29.6 Å². The Kier molecular flexibility index (Phi) is 5.84. The molecule has 0 unspecified atom stereocenters. The molecule has 0 aliphatic carbocycles. The first-order valence-corrected chi connectivity index (χ1v) is 10.1. The van der Waals surface area contributed by atoms with Gasteiger partial charge in [-0.05, 0) is 42.3 Å². The van der Waals surface area contributed by atoms with E-state index >= 15 is 0 Å². The minimum absolute atomic E-state index is 0.0219. The maximum atomic E-state index is 14.0. The Morgan fingerprint density at radius 2 is 1.83 bits per heavy atom. The molecule has 0 bridgehead atoms. The highest BCUT2D eigenvalue weighted by Crippen LogP contribution is 2.24. The minimum atomic E-state index is -3.84. The lowest BCUT2D eigenvalue weighted by Gasteiger charge is -2.09. The standard InChI is InChI=1S/C21H17FN2O5S/c1-13-3-2-10-23-20(13)24-30(28,29)16-8-5-14(6-9-16)4-7-15-11-17(21(26)27)19(25)12-18(15)22/h2-12,25H,1H3,(H,23,24)(H,26,27)/b7-4+. The molecule has 9 heteroatoms. The lowest BCUT2D eigenvalue weighted by Crippen LogP contribution is -2.14. The van der Waals surface area contributed by atoms with Crippen molar-refractivity contribution in [2.75, 3.05) is 4.72 Å². The number of carboxylic acid groups (broad SMARTS) is 1. The van der Waals surface area contributed by atoms with Gasteiger partial charge in [0.1, 0.15) is 22.9 Å². The largest absolute Gasteiger partial charge is 0.507 e. The highest BCUT2D eigenvalue weighted by Gasteiger charge is 2.16. The number of aryl methyl sites for hydroxylation is 1. The van der Waals surface area contributed by atoms with Crippen LogP contribution in [0.15, 0.2) is 59.6 Å². The fourth-order valence-corrected chi connectivity index (χ4v) is 3.68. The van der Waals surface area contributed by atoms with E-state index < -0.39 is 33.1 Å². The molecule has 1 heterocycles. The van der Waals surface area contributed by atoms with Gasteiger partial charge in [0.05, 0.1) is 4.90 Å². The maximum Gasteiger partial charge on any atom is 0.339 e. The first-order valence-electron chi connectivity index (χ1n) is 8.66. The smallest absolute Gasteiger partial charge is 0.339 e. The Bertz CT molecular complexity index is 1240. The third-order valence-corrected chi connectivity index (χ3v) is 5.59. The molecule has 0 amide bonds. The quantitative estimate of drug-likeness (QED) is 0.513. The van der Waals surface area contributed by atoms with Gasteiger partial charge >= 0.3 is 5.97 Å². The number of rotatable bonds is 6. The van der Waals surface area contributed by atoms with Crippen LogP contribution in [0.5, 0.6) is 5.75 Å². The highest BCUT2D eigenvalue weighted by molar-refractivity contribution is 7.92. The summed E-state index contributed by atoms with van der Waals surface area (Å²) in [5, 5.41) is 18.5. The number of aromatic nitrogens is 1. The molecular weight excluding hydrogens is 411 g/mol. The molecule has 0 spiro atoms.